The predicted molar refractivity (Wildman–Crippen MR) is 126 cm³/mol. The number of nitrogens with zero attached hydrogens (tertiary/aromatic N) is 5. The summed E-state index contributed by atoms with van der Waals surface area (Å²) in [5, 5.41) is 7.80. The summed E-state index contributed by atoms with van der Waals surface area (Å²) in [6, 6.07) is 8.71. The van der Waals surface area contributed by atoms with Crippen LogP contribution in [0.1, 0.15) is 51.5 Å². The number of para-hydroxylation sites is 1. The number of hydrogen-bond donors (Lipinski definition) is 2. The van der Waals surface area contributed by atoms with E-state index in [1.54, 1.807) is 0 Å². The summed E-state index contributed by atoms with van der Waals surface area (Å²) in [6.45, 7) is 10.5. The summed E-state index contributed by atoms with van der Waals surface area (Å²) < 4.78 is 0. The Morgan fingerprint density at radius 3 is 2.71 bits per heavy atom. The lowest BCUT2D eigenvalue weighted by atomic mass is 9.80. The number of rotatable bonds is 4. The Morgan fingerprint density at radius 2 is 1.97 bits per heavy atom. The molecule has 1 unspecified atom stereocenters. The monoisotopic (exact) mass is 419 g/mol. The number of anilines is 3. The molecule has 0 amide bonds. The minimum Gasteiger partial charge on any atom is -0.355 e. The molecule has 1 fully saturated rings. The van der Waals surface area contributed by atoms with Crippen molar-refractivity contribution in [3.63, 3.8) is 0 Å². The Bertz CT molecular complexity index is 1060. The van der Waals surface area contributed by atoms with Crippen molar-refractivity contribution in [2.75, 3.05) is 36.0 Å². The number of aromatic amines is 1. The summed E-state index contributed by atoms with van der Waals surface area (Å²) in [5.41, 5.74) is 10.4. The molecule has 0 spiro atoms. The van der Waals surface area contributed by atoms with Crippen LogP contribution >= 0.6 is 0 Å². The third kappa shape index (κ3) is 3.55. The minimum absolute atomic E-state index is 0.241. The maximum Gasteiger partial charge on any atom is 0.183 e. The zero-order chi connectivity index (χ0) is 21.6. The van der Waals surface area contributed by atoms with E-state index in [9.17, 15) is 0 Å². The second-order valence-electron chi connectivity index (χ2n) is 9.82. The number of aromatic nitrogens is 4. The molecule has 5 rings (SSSR count). The molecule has 31 heavy (non-hydrogen) atoms. The molecule has 0 aliphatic carbocycles. The van der Waals surface area contributed by atoms with Crippen LogP contribution in [0.15, 0.2) is 30.5 Å². The van der Waals surface area contributed by atoms with Gasteiger partial charge in [-0.1, -0.05) is 39.0 Å². The standard InChI is InChI=1S/C24H33N7/c1-16(2)17-8-11-31(19-7-5-4-6-18(17)19)23-21-22(28-29-23)27-20(14-26-21)30-12-9-24(3,15-25)10-13-30/h4-7,14,16-17H,8-13,15,25H2,1-3H3,(H,27,28,29). The van der Waals surface area contributed by atoms with Gasteiger partial charge in [0, 0.05) is 25.3 Å². The van der Waals surface area contributed by atoms with Crippen molar-refractivity contribution >= 4 is 28.5 Å². The van der Waals surface area contributed by atoms with Gasteiger partial charge in [0.25, 0.3) is 0 Å². The van der Waals surface area contributed by atoms with Gasteiger partial charge in [0.1, 0.15) is 5.82 Å². The lowest BCUT2D eigenvalue weighted by Crippen LogP contribution is -2.42. The molecule has 1 atom stereocenters. The van der Waals surface area contributed by atoms with Crippen molar-refractivity contribution < 1.29 is 0 Å². The van der Waals surface area contributed by atoms with Crippen molar-refractivity contribution in [2.24, 2.45) is 17.1 Å². The first kappa shape index (κ1) is 20.2. The second-order valence-corrected chi connectivity index (χ2v) is 9.82. The molecule has 0 radical (unpaired) electrons. The fraction of sp³-hybridized carbons (Fsp3) is 0.542. The molecule has 4 heterocycles. The zero-order valence-electron chi connectivity index (χ0n) is 18.8. The van der Waals surface area contributed by atoms with Crippen molar-refractivity contribution in [1.82, 2.24) is 20.2 Å². The Labute approximate surface area is 184 Å². The van der Waals surface area contributed by atoms with Crippen LogP contribution in [0.25, 0.3) is 11.2 Å². The highest BCUT2D eigenvalue weighted by molar-refractivity contribution is 5.88. The van der Waals surface area contributed by atoms with E-state index >= 15 is 0 Å². The Kier molecular flexibility index (Phi) is 5.08. The maximum absolute atomic E-state index is 5.96. The maximum atomic E-state index is 5.96. The molecular formula is C24H33N7. The van der Waals surface area contributed by atoms with E-state index in [1.807, 2.05) is 6.20 Å². The molecule has 2 aliphatic rings. The van der Waals surface area contributed by atoms with Gasteiger partial charge in [-0.05, 0) is 54.7 Å². The van der Waals surface area contributed by atoms with Crippen LogP contribution in [0.2, 0.25) is 0 Å². The normalized spacial score (nSPS) is 21.0. The molecule has 7 nitrogen and oxygen atoms in total. The van der Waals surface area contributed by atoms with E-state index in [4.69, 9.17) is 15.7 Å². The van der Waals surface area contributed by atoms with Gasteiger partial charge in [0.05, 0.1) is 6.20 Å². The van der Waals surface area contributed by atoms with Crippen LogP contribution in [0, 0.1) is 11.3 Å². The first-order valence-electron chi connectivity index (χ1n) is 11.5. The zero-order valence-corrected chi connectivity index (χ0v) is 18.8. The first-order chi connectivity index (χ1) is 15.0. The summed E-state index contributed by atoms with van der Waals surface area (Å²) in [4.78, 5) is 14.3. The Balaban J connectivity index is 1.44. The average molecular weight is 420 g/mol. The largest absolute Gasteiger partial charge is 0.355 e. The van der Waals surface area contributed by atoms with Gasteiger partial charge in [0.2, 0.25) is 0 Å². The number of hydrogen-bond acceptors (Lipinski definition) is 6. The van der Waals surface area contributed by atoms with E-state index in [1.165, 1.54) is 11.3 Å². The smallest absolute Gasteiger partial charge is 0.183 e. The molecule has 3 N–H and O–H groups in total. The van der Waals surface area contributed by atoms with Crippen LogP contribution in [-0.2, 0) is 0 Å². The number of piperidine rings is 1. The van der Waals surface area contributed by atoms with Crippen LogP contribution in [0.3, 0.4) is 0 Å². The molecule has 7 heteroatoms. The number of nitrogens with two attached hydrogens (primary N) is 1. The highest BCUT2D eigenvalue weighted by Crippen LogP contribution is 2.43. The van der Waals surface area contributed by atoms with Crippen molar-refractivity contribution in [3.8, 4) is 0 Å². The highest BCUT2D eigenvalue weighted by atomic mass is 15.3. The van der Waals surface area contributed by atoms with E-state index in [-0.39, 0.29) is 5.41 Å². The fourth-order valence-corrected chi connectivity index (χ4v) is 5.10. The van der Waals surface area contributed by atoms with Crippen LogP contribution in [-0.4, -0.2) is 46.3 Å². The minimum atomic E-state index is 0.241. The lowest BCUT2D eigenvalue weighted by Gasteiger charge is -2.39. The molecule has 1 aromatic carbocycles. The third-order valence-electron chi connectivity index (χ3n) is 7.38. The quantitative estimate of drug-likeness (QED) is 0.659. The molecule has 164 valence electrons. The summed E-state index contributed by atoms with van der Waals surface area (Å²) in [5.74, 6) is 2.99. The molecular weight excluding hydrogens is 386 g/mol. The molecule has 2 aromatic heterocycles. The van der Waals surface area contributed by atoms with Gasteiger partial charge in [-0.25, -0.2) is 9.97 Å². The molecule has 2 aliphatic heterocycles. The summed E-state index contributed by atoms with van der Waals surface area (Å²) in [6.07, 6.45) is 5.18. The third-order valence-corrected chi connectivity index (χ3v) is 7.38. The number of H-pyrrole nitrogens is 1. The molecule has 1 saturated heterocycles. The molecule has 0 bridgehead atoms. The van der Waals surface area contributed by atoms with Crippen LogP contribution in [0.4, 0.5) is 17.3 Å². The van der Waals surface area contributed by atoms with Crippen molar-refractivity contribution in [1.29, 1.82) is 0 Å². The number of nitrogens with one attached hydrogen (secondary N) is 1. The fourth-order valence-electron chi connectivity index (χ4n) is 5.10. The molecule has 0 saturated carbocycles. The van der Waals surface area contributed by atoms with E-state index < -0.39 is 0 Å². The van der Waals surface area contributed by atoms with Gasteiger partial charge < -0.3 is 15.5 Å². The Hall–Kier alpha value is -2.67. The van der Waals surface area contributed by atoms with Gasteiger partial charge in [-0.2, -0.15) is 5.10 Å². The second kappa shape index (κ2) is 7.79. The molecule has 3 aromatic rings. The van der Waals surface area contributed by atoms with Gasteiger partial charge in [0.15, 0.2) is 17.0 Å². The van der Waals surface area contributed by atoms with Gasteiger partial charge in [-0.3, -0.25) is 5.10 Å². The van der Waals surface area contributed by atoms with Crippen molar-refractivity contribution in [2.45, 2.75) is 46.0 Å². The summed E-state index contributed by atoms with van der Waals surface area (Å²) in [7, 11) is 0. The Morgan fingerprint density at radius 1 is 1.19 bits per heavy atom. The van der Waals surface area contributed by atoms with E-state index in [2.05, 4.69) is 65.0 Å². The SMILES string of the molecule is CC(C)C1CCN(c2n[nH]c3nc(N4CCC(C)(CN)CC4)cnc23)c2ccccc21. The number of fused-ring (bicyclic) bond motifs is 2. The predicted octanol–water partition coefficient (Wildman–Crippen LogP) is 4.20. The van der Waals surface area contributed by atoms with Gasteiger partial charge in [-0.15, -0.1) is 0 Å². The summed E-state index contributed by atoms with van der Waals surface area (Å²) >= 11 is 0. The lowest BCUT2D eigenvalue weighted by molar-refractivity contribution is 0.258. The number of benzene rings is 1. The van der Waals surface area contributed by atoms with Gasteiger partial charge >= 0.3 is 0 Å². The highest BCUT2D eigenvalue weighted by Gasteiger charge is 2.31. The first-order valence-corrected chi connectivity index (χ1v) is 11.5. The average Bonchev–Trinajstić information content (AvgIpc) is 3.22. The van der Waals surface area contributed by atoms with E-state index in [0.29, 0.717) is 11.8 Å². The van der Waals surface area contributed by atoms with E-state index in [0.717, 1.165) is 68.2 Å². The van der Waals surface area contributed by atoms with Crippen molar-refractivity contribution in [3.05, 3.63) is 36.0 Å². The van der Waals surface area contributed by atoms with Crippen LogP contribution in [0.5, 0.6) is 0 Å². The van der Waals surface area contributed by atoms with Crippen LogP contribution < -0.4 is 15.5 Å². The topological polar surface area (TPSA) is 87.0 Å².